The van der Waals surface area contributed by atoms with Crippen LogP contribution in [0.4, 0.5) is 5.95 Å². The Labute approximate surface area is 126 Å². The number of nitrogens with zero attached hydrogens (tertiary/aromatic N) is 3. The van der Waals surface area contributed by atoms with Crippen molar-refractivity contribution in [2.75, 3.05) is 18.9 Å². The SMILES string of the molecule is CCCCCc1nc(N)n(P(=O)(OCCC)OCCC)n1. The third-order valence-electron chi connectivity index (χ3n) is 2.81. The van der Waals surface area contributed by atoms with E-state index in [1.807, 2.05) is 13.8 Å². The van der Waals surface area contributed by atoms with Crippen molar-refractivity contribution < 1.29 is 13.6 Å². The first-order valence-electron chi connectivity index (χ1n) is 7.68. The van der Waals surface area contributed by atoms with Crippen LogP contribution in [-0.4, -0.2) is 27.7 Å². The number of aryl methyl sites for hydroxylation is 1. The van der Waals surface area contributed by atoms with Gasteiger partial charge in [0.05, 0.1) is 13.2 Å². The van der Waals surface area contributed by atoms with Crippen LogP contribution < -0.4 is 5.73 Å². The molecule has 0 saturated carbocycles. The van der Waals surface area contributed by atoms with Crippen molar-refractivity contribution in [1.29, 1.82) is 0 Å². The highest BCUT2D eigenvalue weighted by Crippen LogP contribution is 2.50. The number of hydrogen-bond donors (Lipinski definition) is 1. The number of rotatable bonds is 11. The molecule has 0 unspecified atom stereocenters. The fourth-order valence-corrected chi connectivity index (χ4v) is 3.37. The van der Waals surface area contributed by atoms with Gasteiger partial charge < -0.3 is 5.73 Å². The van der Waals surface area contributed by atoms with Gasteiger partial charge in [-0.1, -0.05) is 33.6 Å². The molecule has 0 radical (unpaired) electrons. The van der Waals surface area contributed by atoms with E-state index in [-0.39, 0.29) is 5.95 Å². The minimum atomic E-state index is -3.54. The maximum Gasteiger partial charge on any atom is 0.458 e. The highest BCUT2D eigenvalue weighted by Gasteiger charge is 2.31. The van der Waals surface area contributed by atoms with Gasteiger partial charge in [0.25, 0.3) is 0 Å². The van der Waals surface area contributed by atoms with E-state index in [1.165, 1.54) is 0 Å². The summed E-state index contributed by atoms with van der Waals surface area (Å²) < 4.78 is 24.8. The molecule has 0 spiro atoms. The predicted octanol–water partition coefficient (Wildman–Crippen LogP) is 3.40. The van der Waals surface area contributed by atoms with Crippen molar-refractivity contribution in [2.45, 2.75) is 59.3 Å². The molecule has 0 saturated heterocycles. The first kappa shape index (κ1) is 18.1. The Morgan fingerprint density at radius 2 is 1.71 bits per heavy atom. The van der Waals surface area contributed by atoms with Crippen molar-refractivity contribution in [3.63, 3.8) is 0 Å². The molecule has 1 aromatic heterocycles. The molecule has 1 rings (SSSR count). The first-order chi connectivity index (χ1) is 10.1. The van der Waals surface area contributed by atoms with Crippen LogP contribution in [0.1, 0.15) is 58.7 Å². The number of unbranched alkanes of at least 4 members (excludes halogenated alkanes) is 2. The first-order valence-corrected chi connectivity index (χ1v) is 9.18. The molecule has 7 nitrogen and oxygen atoms in total. The third kappa shape index (κ3) is 5.41. The zero-order valence-electron chi connectivity index (χ0n) is 13.2. The fourth-order valence-electron chi connectivity index (χ4n) is 1.74. The summed E-state index contributed by atoms with van der Waals surface area (Å²) in [5, 5.41) is 4.23. The lowest BCUT2D eigenvalue weighted by Crippen LogP contribution is -2.10. The van der Waals surface area contributed by atoms with Gasteiger partial charge in [-0.05, 0) is 19.3 Å². The predicted molar refractivity (Wildman–Crippen MR) is 83.2 cm³/mol. The summed E-state index contributed by atoms with van der Waals surface area (Å²) >= 11 is 0. The molecule has 122 valence electrons. The molecule has 0 atom stereocenters. The molecule has 0 bridgehead atoms. The number of nitrogens with two attached hydrogens (primary N) is 1. The summed E-state index contributed by atoms with van der Waals surface area (Å²) in [5.74, 6) is 0.665. The number of anilines is 1. The van der Waals surface area contributed by atoms with Crippen molar-refractivity contribution in [1.82, 2.24) is 14.5 Å². The molecule has 0 amide bonds. The minimum absolute atomic E-state index is 0.0806. The largest absolute Gasteiger partial charge is 0.458 e. The number of nitrogen functional groups attached to an aromatic ring is 1. The van der Waals surface area contributed by atoms with E-state index in [1.54, 1.807) is 0 Å². The second kappa shape index (κ2) is 9.18. The summed E-state index contributed by atoms with van der Waals surface area (Å²) in [6, 6.07) is 0. The Hall–Kier alpha value is -0.910. The Morgan fingerprint density at radius 3 is 2.24 bits per heavy atom. The Bertz CT molecular complexity index is 452. The lowest BCUT2D eigenvalue weighted by atomic mass is 10.2. The molecule has 0 aliphatic carbocycles. The van der Waals surface area contributed by atoms with Crippen LogP contribution in [-0.2, 0) is 20.0 Å². The smallest absolute Gasteiger partial charge is 0.368 e. The van der Waals surface area contributed by atoms with Crippen LogP contribution in [0.15, 0.2) is 0 Å². The zero-order valence-corrected chi connectivity index (χ0v) is 14.1. The maximum atomic E-state index is 12.8. The zero-order chi connectivity index (χ0) is 15.7. The summed E-state index contributed by atoms with van der Waals surface area (Å²) in [7, 11) is -3.54. The minimum Gasteiger partial charge on any atom is -0.368 e. The highest BCUT2D eigenvalue weighted by atomic mass is 31.2. The molecule has 0 fully saturated rings. The van der Waals surface area contributed by atoms with Gasteiger partial charge in [0.15, 0.2) is 5.82 Å². The maximum absolute atomic E-state index is 12.8. The lowest BCUT2D eigenvalue weighted by Gasteiger charge is -2.17. The second-order valence-electron chi connectivity index (χ2n) is 4.87. The topological polar surface area (TPSA) is 92.3 Å². The van der Waals surface area contributed by atoms with Crippen LogP contribution in [0.5, 0.6) is 0 Å². The Kier molecular flexibility index (Phi) is 7.93. The van der Waals surface area contributed by atoms with Crippen molar-refractivity contribution in [2.24, 2.45) is 0 Å². The van der Waals surface area contributed by atoms with Gasteiger partial charge in [-0.3, -0.25) is 9.05 Å². The average Bonchev–Trinajstić information content (AvgIpc) is 2.85. The van der Waals surface area contributed by atoms with E-state index in [2.05, 4.69) is 17.0 Å². The Balaban J connectivity index is 2.88. The van der Waals surface area contributed by atoms with E-state index in [9.17, 15) is 4.57 Å². The molecular formula is C13H27N4O3P. The van der Waals surface area contributed by atoms with Gasteiger partial charge in [0, 0.05) is 6.42 Å². The van der Waals surface area contributed by atoms with E-state index in [4.69, 9.17) is 14.8 Å². The third-order valence-corrected chi connectivity index (χ3v) is 4.59. The molecule has 1 heterocycles. The highest BCUT2D eigenvalue weighted by molar-refractivity contribution is 7.52. The van der Waals surface area contributed by atoms with Crippen LogP contribution in [0.2, 0.25) is 0 Å². The summed E-state index contributed by atoms with van der Waals surface area (Å²) in [6.07, 6.45) is 5.38. The lowest BCUT2D eigenvalue weighted by molar-refractivity contribution is 0.194. The van der Waals surface area contributed by atoms with Gasteiger partial charge in [-0.25, -0.2) is 4.57 Å². The summed E-state index contributed by atoms with van der Waals surface area (Å²) in [6.45, 7) is 6.65. The average molecular weight is 318 g/mol. The van der Waals surface area contributed by atoms with Gasteiger partial charge in [-0.15, -0.1) is 9.55 Å². The quantitative estimate of drug-likeness (QED) is 0.496. The molecular weight excluding hydrogens is 291 g/mol. The van der Waals surface area contributed by atoms with Gasteiger partial charge in [0.1, 0.15) is 0 Å². The van der Waals surface area contributed by atoms with Crippen LogP contribution in [0, 0.1) is 0 Å². The molecule has 21 heavy (non-hydrogen) atoms. The van der Waals surface area contributed by atoms with E-state index < -0.39 is 7.75 Å². The molecule has 0 aliphatic rings. The fraction of sp³-hybridized carbons (Fsp3) is 0.846. The van der Waals surface area contributed by atoms with Crippen molar-refractivity contribution >= 4 is 13.7 Å². The van der Waals surface area contributed by atoms with Crippen molar-refractivity contribution in [3.8, 4) is 0 Å². The second-order valence-corrected chi connectivity index (χ2v) is 6.70. The van der Waals surface area contributed by atoms with Gasteiger partial charge in [0.2, 0.25) is 5.95 Å². The van der Waals surface area contributed by atoms with Crippen LogP contribution in [0.25, 0.3) is 0 Å². The molecule has 0 aliphatic heterocycles. The molecule has 0 aromatic carbocycles. The monoisotopic (exact) mass is 318 g/mol. The normalized spacial score (nSPS) is 12.0. The molecule has 8 heteroatoms. The van der Waals surface area contributed by atoms with Gasteiger partial charge >= 0.3 is 7.75 Å². The standard InChI is InChI=1S/C13H27N4O3P/c1-4-7-8-9-12-15-13(14)17(16-12)21(18,19-10-5-2)20-11-6-3/h4-11H2,1-3H3,(H2,14,15,16). The van der Waals surface area contributed by atoms with Gasteiger partial charge in [-0.2, -0.15) is 4.98 Å². The Morgan fingerprint density at radius 1 is 1.10 bits per heavy atom. The number of aromatic nitrogens is 3. The van der Waals surface area contributed by atoms with Crippen molar-refractivity contribution in [3.05, 3.63) is 5.82 Å². The number of hydrogen-bond acceptors (Lipinski definition) is 6. The molecule has 1 aromatic rings. The molecule has 2 N–H and O–H groups in total. The van der Waals surface area contributed by atoms with Crippen LogP contribution in [0.3, 0.4) is 0 Å². The van der Waals surface area contributed by atoms with E-state index in [0.29, 0.717) is 25.5 Å². The van der Waals surface area contributed by atoms with E-state index >= 15 is 0 Å². The van der Waals surface area contributed by atoms with E-state index in [0.717, 1.165) is 36.6 Å². The van der Waals surface area contributed by atoms with Crippen LogP contribution >= 0.6 is 7.75 Å². The summed E-state index contributed by atoms with van der Waals surface area (Å²) in [4.78, 5) is 4.16. The summed E-state index contributed by atoms with van der Waals surface area (Å²) in [5.41, 5.74) is 5.83.